The molecule has 16 N–H and O–H groups in total. The van der Waals surface area contributed by atoms with Gasteiger partial charge in [0.1, 0.15) is 97.7 Å². The van der Waals surface area contributed by atoms with Gasteiger partial charge in [-0.3, -0.25) is 0 Å². The van der Waals surface area contributed by atoms with Gasteiger partial charge in [-0.05, 0) is 97.7 Å². The van der Waals surface area contributed by atoms with E-state index in [0.717, 1.165) is 32.1 Å². The molecule has 33 atom stereocenters. The fourth-order valence-electron chi connectivity index (χ4n) is 15.7. The lowest BCUT2D eigenvalue weighted by Crippen LogP contribution is -2.67. The van der Waals surface area contributed by atoms with Gasteiger partial charge in [0.05, 0.1) is 51.3 Å². The summed E-state index contributed by atoms with van der Waals surface area (Å²) in [6, 6.07) is 0. The predicted octanol–water partition coefficient (Wildman–Crippen LogP) is -4.98. The van der Waals surface area contributed by atoms with Crippen molar-refractivity contribution in [3.05, 3.63) is 0 Å². The Morgan fingerprint density at radius 2 is 1.08 bits per heavy atom. The van der Waals surface area contributed by atoms with Crippen LogP contribution in [0.25, 0.3) is 0 Å². The van der Waals surface area contributed by atoms with E-state index in [4.69, 9.17) is 42.6 Å². The normalized spacial score (nSPS) is 55.8. The van der Waals surface area contributed by atoms with Crippen LogP contribution in [0.3, 0.4) is 0 Å². The van der Waals surface area contributed by atoms with Gasteiger partial charge in [0.25, 0.3) is 0 Å². The molecule has 76 heavy (non-hydrogen) atoms. The van der Waals surface area contributed by atoms with Crippen LogP contribution in [0.1, 0.15) is 85.5 Å². The summed E-state index contributed by atoms with van der Waals surface area (Å²) < 4.78 is 53.2. The molecule has 440 valence electrons. The van der Waals surface area contributed by atoms with Crippen molar-refractivity contribution in [2.24, 2.45) is 52.3 Å². The van der Waals surface area contributed by atoms with E-state index < -0.39 is 167 Å². The first-order valence-corrected chi connectivity index (χ1v) is 27.5. The smallest absolute Gasteiger partial charge is 0.187 e. The molecule has 0 unspecified atom stereocenters. The van der Waals surface area contributed by atoms with Crippen LogP contribution < -0.4 is 0 Å². The minimum Gasteiger partial charge on any atom is -0.394 e. The van der Waals surface area contributed by atoms with E-state index in [1.165, 1.54) is 0 Å². The van der Waals surface area contributed by atoms with Crippen molar-refractivity contribution >= 4 is 0 Å². The summed E-state index contributed by atoms with van der Waals surface area (Å²) in [5.41, 5.74) is -0.363. The van der Waals surface area contributed by atoms with Crippen molar-refractivity contribution in [3.63, 3.8) is 0 Å². The van der Waals surface area contributed by atoms with Crippen molar-refractivity contribution in [2.45, 2.75) is 232 Å². The van der Waals surface area contributed by atoms with E-state index in [1.807, 2.05) is 6.92 Å². The molecule has 9 fully saturated rings. The molecule has 25 nitrogen and oxygen atoms in total. The molecule has 9 aliphatic rings. The predicted molar refractivity (Wildman–Crippen MR) is 253 cm³/mol. The molecule has 0 aromatic heterocycles. The third kappa shape index (κ3) is 10.6. The van der Waals surface area contributed by atoms with Crippen LogP contribution in [0.15, 0.2) is 0 Å². The molecule has 0 bridgehead atoms. The summed E-state index contributed by atoms with van der Waals surface area (Å²) in [5.74, 6) is -0.406. The lowest BCUT2D eigenvalue weighted by Gasteiger charge is -2.62. The fourth-order valence-corrected chi connectivity index (χ4v) is 15.7. The molecule has 0 aromatic carbocycles. The van der Waals surface area contributed by atoms with Crippen LogP contribution in [0.5, 0.6) is 0 Å². The van der Waals surface area contributed by atoms with Crippen LogP contribution >= 0.6 is 0 Å². The van der Waals surface area contributed by atoms with Gasteiger partial charge in [-0.2, -0.15) is 0 Å². The highest BCUT2D eigenvalue weighted by atomic mass is 16.8. The number of fused-ring (bicyclic) bond motifs is 7. The van der Waals surface area contributed by atoms with Crippen molar-refractivity contribution in [3.8, 4) is 0 Å². The molecule has 5 aliphatic heterocycles. The summed E-state index contributed by atoms with van der Waals surface area (Å²) in [7, 11) is 0. The second kappa shape index (κ2) is 23.3. The molecule has 5 saturated heterocycles. The molecule has 4 saturated carbocycles. The van der Waals surface area contributed by atoms with Gasteiger partial charge in [0, 0.05) is 12.3 Å². The molecular weight excluding hydrogens is 1010 g/mol. The second-order valence-electron chi connectivity index (χ2n) is 24.4. The van der Waals surface area contributed by atoms with Crippen LogP contribution in [0, 0.1) is 52.3 Å². The summed E-state index contributed by atoms with van der Waals surface area (Å²) in [5, 5.41) is 171. The van der Waals surface area contributed by atoms with Crippen LogP contribution in [-0.2, 0) is 42.6 Å². The summed E-state index contributed by atoms with van der Waals surface area (Å²) in [6.45, 7) is 5.77. The molecule has 4 aliphatic carbocycles. The van der Waals surface area contributed by atoms with E-state index >= 15 is 0 Å². The third-order valence-corrected chi connectivity index (χ3v) is 20.1. The van der Waals surface area contributed by atoms with E-state index in [1.54, 1.807) is 0 Å². The van der Waals surface area contributed by atoms with Crippen LogP contribution in [-0.4, -0.2) is 262 Å². The Hall–Kier alpha value is -1.00. The molecule has 0 amide bonds. The molecule has 25 heteroatoms. The lowest BCUT2D eigenvalue weighted by molar-refractivity contribution is -0.391. The third-order valence-electron chi connectivity index (χ3n) is 20.1. The van der Waals surface area contributed by atoms with E-state index in [-0.39, 0.29) is 53.1 Å². The van der Waals surface area contributed by atoms with E-state index in [9.17, 15) is 81.7 Å². The number of aliphatic hydroxyl groups is 16. The highest BCUT2D eigenvalue weighted by Gasteiger charge is 2.69. The monoisotopic (exact) mass is 1100 g/mol. The minimum atomic E-state index is -1.94. The maximum atomic E-state index is 12.1. The SMILES string of the molecule is C[C@H](CC[C@@]1(O)O[C@H]2C[C@H]3[C@@H]4CC[C@H]5C[C@@H](O[C@@H]6O[C@H](CO)[C@H](O[C@@H]7O[C@H](CO)[C@@H](O)[C@H](O)[C@H]7O[C@@H]7O[C@H](CO)[C@H](O)[C@H](O)[C@H]7O)[C@H](O)[C@H]6O)[C@H](O)C[C@]5(C)[C@H]4CC[C@]3(C)[C@H]2[C@@H]1C)CO[C@@H]1O[C@H](CO)[C@@H](O)[C@H](O)[C@H]1O. The van der Waals surface area contributed by atoms with Crippen molar-refractivity contribution in [1.82, 2.24) is 0 Å². The zero-order valence-electron chi connectivity index (χ0n) is 43.5. The Labute approximate surface area is 441 Å². The average molecular weight is 1100 g/mol. The van der Waals surface area contributed by atoms with Crippen LogP contribution in [0.4, 0.5) is 0 Å². The number of rotatable bonds is 16. The Morgan fingerprint density at radius 1 is 0.553 bits per heavy atom. The average Bonchev–Trinajstić information content (AvgIpc) is 3.94. The maximum absolute atomic E-state index is 12.1. The first-order chi connectivity index (χ1) is 35.9. The first kappa shape index (κ1) is 59.6. The highest BCUT2D eigenvalue weighted by Crippen LogP contribution is 2.71. The van der Waals surface area contributed by atoms with Gasteiger partial charge < -0.3 is 124 Å². The fraction of sp³-hybridized carbons (Fsp3) is 1.00. The Morgan fingerprint density at radius 3 is 1.71 bits per heavy atom. The number of aliphatic hydroxyl groups excluding tert-OH is 15. The van der Waals surface area contributed by atoms with E-state index in [0.29, 0.717) is 37.5 Å². The molecule has 0 aromatic rings. The number of ether oxygens (including phenoxy) is 9. The molecule has 0 spiro atoms. The number of hydrogen-bond acceptors (Lipinski definition) is 25. The molecule has 0 radical (unpaired) electrons. The van der Waals surface area contributed by atoms with Gasteiger partial charge in [0.2, 0.25) is 0 Å². The summed E-state index contributed by atoms with van der Waals surface area (Å²) in [4.78, 5) is 0. The Balaban J connectivity index is 0.797. The van der Waals surface area contributed by atoms with Gasteiger partial charge in [0.15, 0.2) is 30.9 Å². The molecule has 5 heterocycles. The van der Waals surface area contributed by atoms with Gasteiger partial charge in [-0.1, -0.05) is 27.7 Å². The first-order valence-electron chi connectivity index (χ1n) is 27.5. The summed E-state index contributed by atoms with van der Waals surface area (Å²) >= 11 is 0. The largest absolute Gasteiger partial charge is 0.394 e. The quantitative estimate of drug-likeness (QED) is 0.0644. The lowest BCUT2D eigenvalue weighted by atomic mass is 9.44. The van der Waals surface area contributed by atoms with Crippen molar-refractivity contribution in [1.29, 1.82) is 0 Å². The van der Waals surface area contributed by atoms with Crippen molar-refractivity contribution in [2.75, 3.05) is 33.0 Å². The minimum absolute atomic E-state index is 0.0959. The molecular formula is C51H86O25. The topological polar surface area (TPSA) is 407 Å². The van der Waals surface area contributed by atoms with E-state index in [2.05, 4.69) is 20.8 Å². The molecule has 9 rings (SSSR count). The standard InChI is InChI=1S/C51H86O25/c1-19(18-68-45-40(64)36(60)33(57)28(14-52)70-45)7-10-51(67)20(2)32-27(76-51)12-24-22-6-5-21-11-26(25(56)13-50(21,4)23(22)8-9-49(24,32)3)69-46-42(66)39(63)43(31(17-55)73-46)74-48-44(38(62)35(59)30(16-54)72-48)75-47-41(65)37(61)34(58)29(15-53)71-47/h19-48,52-67H,5-18H2,1-4H3/t19-,20+,21+,22-,23+,24+,25-,26-,27+,28-,29-,30-,31-,32+,33-,34+,35-,36+,37+,38+,39-,40-,41-,42-,43+,44-,45-,46-,47+,48+,49+,50+,51-/m1/s1. The zero-order valence-corrected chi connectivity index (χ0v) is 43.5. The van der Waals surface area contributed by atoms with Gasteiger partial charge in [-0.15, -0.1) is 0 Å². The highest BCUT2D eigenvalue weighted by molar-refractivity contribution is 5.15. The van der Waals surface area contributed by atoms with Gasteiger partial charge >= 0.3 is 0 Å². The zero-order chi connectivity index (χ0) is 55.1. The van der Waals surface area contributed by atoms with Crippen molar-refractivity contribution < 1.29 is 124 Å². The second-order valence-corrected chi connectivity index (χ2v) is 24.4. The maximum Gasteiger partial charge on any atom is 0.187 e. The summed E-state index contributed by atoms with van der Waals surface area (Å²) in [6.07, 6.45) is -28.6. The Bertz CT molecular complexity index is 1910. The van der Waals surface area contributed by atoms with Crippen LogP contribution in [0.2, 0.25) is 0 Å². The Kier molecular flexibility index (Phi) is 18.3. The number of hydrogen-bond donors (Lipinski definition) is 16. The van der Waals surface area contributed by atoms with Gasteiger partial charge in [-0.25, -0.2) is 0 Å².